The number of fused-ring (bicyclic) bond motifs is 7. The molecular weight excluding hydrogens is 679 g/mol. The number of carbonyl (C=O) groups excluding carboxylic acids is 2. The first kappa shape index (κ1) is 36.9. The summed E-state index contributed by atoms with van der Waals surface area (Å²) in [5.41, 5.74) is 9.16. The van der Waals surface area contributed by atoms with Gasteiger partial charge in [-0.2, -0.15) is 5.10 Å². The molecule has 2 aromatic heterocycles. The molecule has 9 heteroatoms. The third-order valence-electron chi connectivity index (χ3n) is 11.7. The van der Waals surface area contributed by atoms with Crippen molar-refractivity contribution in [1.29, 1.82) is 0 Å². The van der Waals surface area contributed by atoms with Crippen LogP contribution < -0.4 is 9.46 Å². The van der Waals surface area contributed by atoms with Gasteiger partial charge in [-0.25, -0.2) is 0 Å². The highest BCUT2D eigenvalue weighted by molar-refractivity contribution is 7.98. The minimum atomic E-state index is -0.0816. The van der Waals surface area contributed by atoms with Crippen molar-refractivity contribution in [2.45, 2.75) is 128 Å². The largest absolute Gasteiger partial charge is 0.497 e. The molecule has 2 atom stereocenters. The minimum Gasteiger partial charge on any atom is -0.497 e. The number of hydrogen-bond donors (Lipinski definition) is 1. The maximum atomic E-state index is 14.7. The SMILES string of the molecule is C#C.COc1ccc2c(c1)C=C(c1c(C(=O)N3[C@@H]4CCC[C@@H]3CC4)cnn1C(C)C)Cn1c-2c(C2CCCCC2)c2ccc(C(=O)NSC(C)C)cc21. The summed E-state index contributed by atoms with van der Waals surface area (Å²) in [5.74, 6) is 1.26. The number of ether oxygens (including phenoxy) is 1. The van der Waals surface area contributed by atoms with E-state index in [1.54, 1.807) is 7.11 Å². The first-order chi connectivity index (χ1) is 25.7. The second-order valence-corrected chi connectivity index (χ2v) is 17.0. The molecule has 2 bridgehead atoms. The molecule has 278 valence electrons. The summed E-state index contributed by atoms with van der Waals surface area (Å²) in [6, 6.07) is 13.4. The number of benzene rings is 2. The van der Waals surface area contributed by atoms with E-state index in [-0.39, 0.29) is 23.1 Å². The molecule has 2 aromatic carbocycles. The van der Waals surface area contributed by atoms with Crippen LogP contribution in [0, 0.1) is 12.8 Å². The number of nitrogens with zero attached hydrogens (tertiary/aromatic N) is 4. The van der Waals surface area contributed by atoms with Gasteiger partial charge in [-0.1, -0.05) is 39.2 Å². The van der Waals surface area contributed by atoms with Crippen LogP contribution in [0.15, 0.2) is 42.6 Å². The first-order valence-corrected chi connectivity index (χ1v) is 20.4. The Kier molecular flexibility index (Phi) is 10.8. The lowest BCUT2D eigenvalue weighted by Gasteiger charge is -2.35. The van der Waals surface area contributed by atoms with E-state index in [1.165, 1.54) is 54.3 Å². The fraction of sp³-hybridized carbons (Fsp3) is 0.477. The highest BCUT2D eigenvalue weighted by Gasteiger charge is 2.41. The first-order valence-electron chi connectivity index (χ1n) is 19.5. The summed E-state index contributed by atoms with van der Waals surface area (Å²) >= 11 is 1.44. The van der Waals surface area contributed by atoms with Crippen molar-refractivity contribution in [2.24, 2.45) is 0 Å². The lowest BCUT2D eigenvalue weighted by molar-refractivity contribution is 0.0594. The number of rotatable bonds is 8. The molecule has 0 radical (unpaired) electrons. The molecule has 53 heavy (non-hydrogen) atoms. The lowest BCUT2D eigenvalue weighted by atomic mass is 9.81. The Morgan fingerprint density at radius 3 is 2.32 bits per heavy atom. The van der Waals surface area contributed by atoms with Crippen molar-refractivity contribution in [1.82, 2.24) is 24.0 Å². The van der Waals surface area contributed by atoms with Crippen LogP contribution in [-0.2, 0) is 6.54 Å². The molecule has 1 N–H and O–H groups in total. The lowest BCUT2D eigenvalue weighted by Crippen LogP contribution is -2.44. The van der Waals surface area contributed by atoms with Crippen molar-refractivity contribution < 1.29 is 14.3 Å². The van der Waals surface area contributed by atoms with E-state index in [0.717, 1.165) is 72.2 Å². The van der Waals surface area contributed by atoms with Crippen molar-refractivity contribution in [3.8, 4) is 29.9 Å². The van der Waals surface area contributed by atoms with Gasteiger partial charge in [-0.15, -0.1) is 12.8 Å². The average Bonchev–Trinajstić information content (AvgIpc) is 3.80. The highest BCUT2D eigenvalue weighted by Crippen LogP contribution is 2.48. The Hall–Kier alpha value is -4.42. The summed E-state index contributed by atoms with van der Waals surface area (Å²) < 4.78 is 13.3. The van der Waals surface area contributed by atoms with Crippen molar-refractivity contribution in [2.75, 3.05) is 7.11 Å². The van der Waals surface area contributed by atoms with Gasteiger partial charge >= 0.3 is 0 Å². The number of allylic oxidation sites excluding steroid dienone is 1. The molecule has 1 saturated carbocycles. The van der Waals surface area contributed by atoms with Crippen molar-refractivity contribution in [3.05, 3.63) is 70.5 Å². The van der Waals surface area contributed by atoms with Crippen molar-refractivity contribution in [3.63, 3.8) is 0 Å². The highest BCUT2D eigenvalue weighted by atomic mass is 32.2. The molecule has 2 saturated heterocycles. The molecule has 3 aliphatic heterocycles. The third-order valence-corrected chi connectivity index (χ3v) is 12.5. The number of nitrogens with one attached hydrogen (secondary N) is 1. The van der Waals surface area contributed by atoms with Gasteiger partial charge in [0.25, 0.3) is 11.8 Å². The smallest absolute Gasteiger partial charge is 0.261 e. The molecule has 5 heterocycles. The second kappa shape index (κ2) is 15.5. The van der Waals surface area contributed by atoms with E-state index < -0.39 is 0 Å². The zero-order valence-corrected chi connectivity index (χ0v) is 32.7. The van der Waals surface area contributed by atoms with Crippen LogP contribution in [0.2, 0.25) is 0 Å². The third kappa shape index (κ3) is 6.80. The van der Waals surface area contributed by atoms with Gasteiger partial charge in [0.05, 0.1) is 36.8 Å². The number of carbonyl (C=O) groups is 2. The van der Waals surface area contributed by atoms with E-state index in [1.807, 2.05) is 16.9 Å². The van der Waals surface area contributed by atoms with Gasteiger partial charge in [-0.3, -0.25) is 19.0 Å². The molecule has 8 nitrogen and oxygen atoms in total. The van der Waals surface area contributed by atoms with Crippen LogP contribution in [0.4, 0.5) is 0 Å². The fourth-order valence-electron chi connectivity index (χ4n) is 9.37. The minimum absolute atomic E-state index is 0.0565. The van der Waals surface area contributed by atoms with Crippen LogP contribution >= 0.6 is 11.9 Å². The molecule has 3 fully saturated rings. The topological polar surface area (TPSA) is 81.4 Å². The summed E-state index contributed by atoms with van der Waals surface area (Å²) in [6.45, 7) is 8.99. The van der Waals surface area contributed by atoms with Crippen LogP contribution in [0.3, 0.4) is 0 Å². The Morgan fingerprint density at radius 1 is 0.906 bits per heavy atom. The fourth-order valence-corrected chi connectivity index (χ4v) is 9.84. The molecule has 1 aliphatic carbocycles. The van der Waals surface area contributed by atoms with Gasteiger partial charge in [0.2, 0.25) is 0 Å². The van der Waals surface area contributed by atoms with E-state index >= 15 is 0 Å². The molecule has 0 spiro atoms. The monoisotopic (exact) mass is 731 g/mol. The Bertz CT molecular complexity index is 2050. The van der Waals surface area contributed by atoms with Crippen LogP contribution in [0.1, 0.15) is 141 Å². The number of methoxy groups -OCH3 is 1. The van der Waals surface area contributed by atoms with E-state index in [9.17, 15) is 9.59 Å². The zero-order valence-electron chi connectivity index (χ0n) is 31.9. The van der Waals surface area contributed by atoms with Gasteiger partial charge < -0.3 is 14.2 Å². The predicted octanol–water partition coefficient (Wildman–Crippen LogP) is 9.89. The maximum Gasteiger partial charge on any atom is 0.261 e. The number of hydrogen-bond acceptors (Lipinski definition) is 5. The molecule has 2 amide bonds. The van der Waals surface area contributed by atoms with Gasteiger partial charge in [-0.05, 0) is 130 Å². The number of aromatic nitrogens is 3. The summed E-state index contributed by atoms with van der Waals surface area (Å²) in [7, 11) is 1.72. The molecule has 8 rings (SSSR count). The number of amides is 2. The number of terminal acetylenes is 1. The van der Waals surface area contributed by atoms with Crippen LogP contribution in [0.25, 0.3) is 33.8 Å². The molecule has 0 unspecified atom stereocenters. The molecule has 4 aromatic rings. The zero-order chi connectivity index (χ0) is 37.4. The summed E-state index contributed by atoms with van der Waals surface area (Å²) in [5, 5.41) is 6.40. The van der Waals surface area contributed by atoms with E-state index in [2.05, 4.69) is 91.1 Å². The predicted molar refractivity (Wildman–Crippen MR) is 217 cm³/mol. The van der Waals surface area contributed by atoms with E-state index in [4.69, 9.17) is 9.84 Å². The van der Waals surface area contributed by atoms with Gasteiger partial charge in [0.1, 0.15) is 5.75 Å². The summed E-state index contributed by atoms with van der Waals surface area (Å²) in [6.07, 6.45) is 23.7. The Labute approximate surface area is 318 Å². The number of piperidine rings is 1. The van der Waals surface area contributed by atoms with Gasteiger partial charge in [0, 0.05) is 45.4 Å². The van der Waals surface area contributed by atoms with Crippen LogP contribution in [0.5, 0.6) is 5.75 Å². The second-order valence-electron chi connectivity index (χ2n) is 15.6. The van der Waals surface area contributed by atoms with Crippen molar-refractivity contribution >= 4 is 46.3 Å². The van der Waals surface area contributed by atoms with Crippen LogP contribution in [-0.4, -0.2) is 55.5 Å². The quantitative estimate of drug-likeness (QED) is 0.144. The Morgan fingerprint density at radius 2 is 1.64 bits per heavy atom. The average molecular weight is 732 g/mol. The maximum absolute atomic E-state index is 14.7. The standard InChI is InChI=1S/C42H51N5O3S.C2H2/c1-25(2)47-39(36(23-43-47)42(49)46-31-12-9-13-32(46)16-15-31)30-20-29-21-33(50-5)17-19-34(29)40-38(27-10-7-6-8-11-27)35-18-14-28(22-37(35)45(40)24-30)41(48)44-51-26(3)4;1-2/h14,17-23,25-27,31-32H,6-13,15-16,24H2,1-5H3,(H,44,48);1-2H/t31-,32-;/m1./s1. The molecule has 4 aliphatic rings. The Balaban J connectivity index is 0.00000214. The summed E-state index contributed by atoms with van der Waals surface area (Å²) in [4.78, 5) is 30.3. The molecular formula is C44H53N5O3S. The van der Waals surface area contributed by atoms with Gasteiger partial charge in [0.15, 0.2) is 0 Å². The normalized spacial score (nSPS) is 19.6. The van der Waals surface area contributed by atoms with E-state index in [0.29, 0.717) is 35.7 Å².